The molecule has 3 rings (SSSR count). The van der Waals surface area contributed by atoms with Crippen LogP contribution in [0.1, 0.15) is 35.5 Å². The summed E-state index contributed by atoms with van der Waals surface area (Å²) in [4.78, 5) is 25.4. The van der Waals surface area contributed by atoms with Crippen molar-refractivity contribution in [2.45, 2.75) is 26.9 Å². The highest BCUT2D eigenvalue weighted by Crippen LogP contribution is 2.14. The quantitative estimate of drug-likeness (QED) is 0.758. The lowest BCUT2D eigenvalue weighted by molar-refractivity contribution is 0.0945. The van der Waals surface area contributed by atoms with Crippen LogP contribution in [0.4, 0.5) is 0 Å². The zero-order chi connectivity index (χ0) is 19.4. The standard InChI is InChI=1S/C21H20N4O2/c1-14(2)13-25-21(27)18-9-4-3-8-17(18)19(24-25)20(26)23-12-16-7-5-6-15(10-16)11-22/h3-10,14H,12-13H2,1-2H3,(H,23,26). The Hall–Kier alpha value is -3.46. The molecular formula is C21H20N4O2. The minimum absolute atomic E-state index is 0.197. The second-order valence-electron chi connectivity index (χ2n) is 6.77. The van der Waals surface area contributed by atoms with E-state index in [2.05, 4.69) is 16.5 Å². The third-order valence-electron chi connectivity index (χ3n) is 4.13. The molecular weight excluding hydrogens is 340 g/mol. The second-order valence-corrected chi connectivity index (χ2v) is 6.77. The van der Waals surface area contributed by atoms with Gasteiger partial charge in [0.05, 0.1) is 17.0 Å². The van der Waals surface area contributed by atoms with E-state index in [9.17, 15) is 9.59 Å². The van der Waals surface area contributed by atoms with Gasteiger partial charge in [-0.25, -0.2) is 4.68 Å². The minimum Gasteiger partial charge on any atom is -0.347 e. The number of benzene rings is 2. The molecule has 0 saturated carbocycles. The number of aromatic nitrogens is 2. The number of hydrogen-bond acceptors (Lipinski definition) is 4. The van der Waals surface area contributed by atoms with Crippen molar-refractivity contribution in [3.63, 3.8) is 0 Å². The predicted molar refractivity (Wildman–Crippen MR) is 103 cm³/mol. The SMILES string of the molecule is CC(C)Cn1nc(C(=O)NCc2cccc(C#N)c2)c2ccccc2c1=O. The van der Waals surface area contributed by atoms with Gasteiger partial charge in [-0.2, -0.15) is 10.4 Å². The zero-order valence-electron chi connectivity index (χ0n) is 15.3. The van der Waals surface area contributed by atoms with Gasteiger partial charge in [-0.05, 0) is 29.7 Å². The molecule has 2 aromatic carbocycles. The maximum atomic E-state index is 12.8. The Bertz CT molecular complexity index is 1090. The molecule has 6 nitrogen and oxygen atoms in total. The van der Waals surface area contributed by atoms with Crippen molar-refractivity contribution in [1.82, 2.24) is 15.1 Å². The highest BCUT2D eigenvalue weighted by molar-refractivity contribution is 6.04. The molecule has 1 heterocycles. The Balaban J connectivity index is 1.94. The average Bonchev–Trinajstić information content (AvgIpc) is 2.68. The van der Waals surface area contributed by atoms with Crippen molar-refractivity contribution < 1.29 is 4.79 Å². The number of nitrogens with one attached hydrogen (secondary N) is 1. The van der Waals surface area contributed by atoms with E-state index in [4.69, 9.17) is 5.26 Å². The molecule has 27 heavy (non-hydrogen) atoms. The maximum absolute atomic E-state index is 12.8. The van der Waals surface area contributed by atoms with Crippen LogP contribution in [0.2, 0.25) is 0 Å². The third kappa shape index (κ3) is 4.04. The summed E-state index contributed by atoms with van der Waals surface area (Å²) in [5, 5.41) is 17.2. The average molecular weight is 360 g/mol. The lowest BCUT2D eigenvalue weighted by Gasteiger charge is -2.12. The van der Waals surface area contributed by atoms with Gasteiger partial charge in [0.1, 0.15) is 0 Å². The summed E-state index contributed by atoms with van der Waals surface area (Å²) in [6.07, 6.45) is 0. The molecule has 0 bridgehead atoms. The van der Waals surface area contributed by atoms with E-state index in [1.165, 1.54) is 4.68 Å². The van der Waals surface area contributed by atoms with Gasteiger partial charge in [-0.15, -0.1) is 0 Å². The van der Waals surface area contributed by atoms with E-state index < -0.39 is 0 Å². The lowest BCUT2D eigenvalue weighted by atomic mass is 10.1. The first-order valence-electron chi connectivity index (χ1n) is 8.76. The molecule has 0 aliphatic rings. The van der Waals surface area contributed by atoms with E-state index in [0.717, 1.165) is 5.56 Å². The fourth-order valence-electron chi connectivity index (χ4n) is 2.89. The Labute approximate surface area is 157 Å². The van der Waals surface area contributed by atoms with Crippen LogP contribution < -0.4 is 10.9 Å². The number of carbonyl (C=O) groups excluding carboxylic acids is 1. The monoisotopic (exact) mass is 360 g/mol. The van der Waals surface area contributed by atoms with Crippen molar-refractivity contribution in [2.24, 2.45) is 5.92 Å². The fraction of sp³-hybridized carbons (Fsp3) is 0.238. The predicted octanol–water partition coefficient (Wildman–Crippen LogP) is 2.85. The normalized spacial score (nSPS) is 10.7. The van der Waals surface area contributed by atoms with Crippen LogP contribution in [-0.2, 0) is 13.1 Å². The molecule has 6 heteroatoms. The molecule has 0 radical (unpaired) electrons. The van der Waals surface area contributed by atoms with Gasteiger partial charge in [0.2, 0.25) is 0 Å². The summed E-state index contributed by atoms with van der Waals surface area (Å²) < 4.78 is 1.36. The number of rotatable bonds is 5. The van der Waals surface area contributed by atoms with Crippen molar-refractivity contribution in [2.75, 3.05) is 0 Å². The van der Waals surface area contributed by atoms with Gasteiger partial charge in [0.15, 0.2) is 5.69 Å². The van der Waals surface area contributed by atoms with Gasteiger partial charge in [-0.1, -0.05) is 44.2 Å². The van der Waals surface area contributed by atoms with E-state index in [-0.39, 0.29) is 29.6 Å². The summed E-state index contributed by atoms with van der Waals surface area (Å²) in [5.74, 6) is -0.132. The third-order valence-corrected chi connectivity index (χ3v) is 4.13. The number of amides is 1. The van der Waals surface area contributed by atoms with Gasteiger partial charge >= 0.3 is 0 Å². The summed E-state index contributed by atoms with van der Waals surface area (Å²) >= 11 is 0. The number of carbonyl (C=O) groups is 1. The first kappa shape index (κ1) is 18.3. The van der Waals surface area contributed by atoms with Crippen LogP contribution in [0.5, 0.6) is 0 Å². The van der Waals surface area contributed by atoms with Gasteiger partial charge in [0.25, 0.3) is 11.5 Å². The van der Waals surface area contributed by atoms with E-state index in [0.29, 0.717) is 22.9 Å². The molecule has 0 spiro atoms. The number of fused-ring (bicyclic) bond motifs is 1. The van der Waals surface area contributed by atoms with Gasteiger partial charge in [0, 0.05) is 18.5 Å². The number of nitriles is 1. The Morgan fingerprint density at radius 3 is 2.63 bits per heavy atom. The maximum Gasteiger partial charge on any atom is 0.274 e. The second kappa shape index (κ2) is 7.83. The van der Waals surface area contributed by atoms with E-state index in [1.54, 1.807) is 42.5 Å². The molecule has 1 amide bonds. The summed E-state index contributed by atoms with van der Waals surface area (Å²) in [7, 11) is 0. The van der Waals surface area contributed by atoms with Crippen molar-refractivity contribution in [3.8, 4) is 6.07 Å². The molecule has 3 aromatic rings. The molecule has 0 unspecified atom stereocenters. The molecule has 0 atom stereocenters. The van der Waals surface area contributed by atoms with Gasteiger partial charge < -0.3 is 5.32 Å². The summed E-state index contributed by atoms with van der Waals surface area (Å²) in [6.45, 7) is 4.69. The molecule has 0 aliphatic carbocycles. The van der Waals surface area contributed by atoms with Crippen molar-refractivity contribution >= 4 is 16.7 Å². The Morgan fingerprint density at radius 1 is 1.19 bits per heavy atom. The van der Waals surface area contributed by atoms with Crippen LogP contribution in [-0.4, -0.2) is 15.7 Å². The van der Waals surface area contributed by atoms with E-state index >= 15 is 0 Å². The highest BCUT2D eigenvalue weighted by Gasteiger charge is 2.17. The summed E-state index contributed by atoms with van der Waals surface area (Å²) in [6, 6.07) is 16.1. The topological polar surface area (TPSA) is 87.8 Å². The molecule has 0 aliphatic heterocycles. The van der Waals surface area contributed by atoms with Crippen LogP contribution in [0.15, 0.2) is 53.3 Å². The number of nitrogens with zero attached hydrogens (tertiary/aromatic N) is 3. The molecule has 1 aromatic heterocycles. The van der Waals surface area contributed by atoms with Crippen molar-refractivity contribution in [1.29, 1.82) is 5.26 Å². The molecule has 136 valence electrons. The van der Waals surface area contributed by atoms with Crippen LogP contribution in [0.3, 0.4) is 0 Å². The number of hydrogen-bond donors (Lipinski definition) is 1. The molecule has 0 fully saturated rings. The van der Waals surface area contributed by atoms with Crippen LogP contribution in [0.25, 0.3) is 10.8 Å². The first-order valence-corrected chi connectivity index (χ1v) is 8.76. The zero-order valence-corrected chi connectivity index (χ0v) is 15.3. The minimum atomic E-state index is -0.355. The van der Waals surface area contributed by atoms with Crippen LogP contribution in [0, 0.1) is 17.2 Å². The smallest absolute Gasteiger partial charge is 0.274 e. The summed E-state index contributed by atoms with van der Waals surface area (Å²) in [5.41, 5.74) is 1.39. The molecule has 0 saturated heterocycles. The van der Waals surface area contributed by atoms with Crippen molar-refractivity contribution in [3.05, 3.63) is 75.7 Å². The Kier molecular flexibility index (Phi) is 5.32. The van der Waals surface area contributed by atoms with Gasteiger partial charge in [-0.3, -0.25) is 9.59 Å². The van der Waals surface area contributed by atoms with Crippen LogP contribution >= 0.6 is 0 Å². The fourth-order valence-corrected chi connectivity index (χ4v) is 2.89. The Morgan fingerprint density at radius 2 is 1.93 bits per heavy atom. The largest absolute Gasteiger partial charge is 0.347 e. The van der Waals surface area contributed by atoms with E-state index in [1.807, 2.05) is 19.9 Å². The highest BCUT2D eigenvalue weighted by atomic mass is 16.2. The first-order chi connectivity index (χ1) is 13.0. The molecule has 1 N–H and O–H groups in total. The lowest BCUT2D eigenvalue weighted by Crippen LogP contribution is -2.31.